The first kappa shape index (κ1) is 8.80. The third-order valence-corrected chi connectivity index (χ3v) is 1.89. The maximum Gasteiger partial charge on any atom is 0.163 e. The maximum absolute atomic E-state index is 12.9. The minimum atomic E-state index is -0.884. The maximum atomic E-state index is 12.9. The highest BCUT2D eigenvalue weighted by Crippen LogP contribution is 2.18. The summed E-state index contributed by atoms with van der Waals surface area (Å²) in [5.41, 5.74) is 0.504. The molecule has 1 heterocycles. The van der Waals surface area contributed by atoms with Gasteiger partial charge in [-0.1, -0.05) is 0 Å². The van der Waals surface area contributed by atoms with Crippen LogP contribution in [0.1, 0.15) is 0 Å². The molecule has 0 unspecified atom stereocenters. The van der Waals surface area contributed by atoms with Gasteiger partial charge < -0.3 is 4.57 Å². The molecule has 72 valence electrons. The van der Waals surface area contributed by atoms with Gasteiger partial charge in [0, 0.05) is 12.6 Å². The van der Waals surface area contributed by atoms with E-state index in [2.05, 4.69) is 10.2 Å². The molecule has 0 N–H and O–H groups in total. The van der Waals surface area contributed by atoms with Crippen LogP contribution in [0.15, 0.2) is 24.5 Å². The number of aryl methyl sites for hydroxylation is 1. The smallest absolute Gasteiger partial charge is 0.163 e. The van der Waals surface area contributed by atoms with E-state index >= 15 is 0 Å². The predicted molar refractivity (Wildman–Crippen MR) is 46.4 cm³/mol. The Balaban J connectivity index is 2.53. The Morgan fingerprint density at radius 2 is 2.00 bits per heavy atom. The summed E-state index contributed by atoms with van der Waals surface area (Å²) in [6.45, 7) is 0. The van der Waals surface area contributed by atoms with Crippen molar-refractivity contribution in [3.05, 3.63) is 36.2 Å². The first-order valence-electron chi connectivity index (χ1n) is 3.98. The van der Waals surface area contributed by atoms with E-state index in [9.17, 15) is 8.78 Å². The molecule has 0 spiro atoms. The van der Waals surface area contributed by atoms with Crippen molar-refractivity contribution in [2.45, 2.75) is 0 Å². The van der Waals surface area contributed by atoms with E-state index < -0.39 is 11.6 Å². The highest BCUT2D eigenvalue weighted by molar-refractivity contribution is 5.54. The van der Waals surface area contributed by atoms with E-state index in [1.54, 1.807) is 11.6 Å². The molecule has 2 rings (SSSR count). The Labute approximate surface area is 79.0 Å². The van der Waals surface area contributed by atoms with Gasteiger partial charge in [0.1, 0.15) is 6.33 Å². The number of halogens is 2. The summed E-state index contributed by atoms with van der Waals surface area (Å²) >= 11 is 0. The van der Waals surface area contributed by atoms with Gasteiger partial charge in [0.25, 0.3) is 0 Å². The molecule has 14 heavy (non-hydrogen) atoms. The van der Waals surface area contributed by atoms with Crippen molar-refractivity contribution in [1.82, 2.24) is 14.8 Å². The van der Waals surface area contributed by atoms with Crippen molar-refractivity contribution in [2.75, 3.05) is 0 Å². The van der Waals surface area contributed by atoms with Crippen LogP contribution in [0, 0.1) is 11.6 Å². The third kappa shape index (κ3) is 1.37. The molecule has 0 fully saturated rings. The number of aromatic nitrogens is 3. The van der Waals surface area contributed by atoms with Gasteiger partial charge in [-0.05, 0) is 18.2 Å². The highest BCUT2D eigenvalue weighted by atomic mass is 19.2. The fourth-order valence-corrected chi connectivity index (χ4v) is 1.18. The Kier molecular flexibility index (Phi) is 1.99. The van der Waals surface area contributed by atoms with Gasteiger partial charge in [-0.2, -0.15) is 0 Å². The molecule has 0 aliphatic heterocycles. The molecule has 0 aliphatic carbocycles. The average molecular weight is 195 g/mol. The highest BCUT2D eigenvalue weighted by Gasteiger charge is 2.07. The summed E-state index contributed by atoms with van der Waals surface area (Å²) in [5.74, 6) is -1.25. The monoisotopic (exact) mass is 195 g/mol. The second-order valence-corrected chi connectivity index (χ2v) is 2.89. The summed E-state index contributed by atoms with van der Waals surface area (Å²) in [4.78, 5) is 0. The summed E-state index contributed by atoms with van der Waals surface area (Å²) in [6, 6.07) is 3.63. The number of hydrogen-bond acceptors (Lipinski definition) is 2. The third-order valence-electron chi connectivity index (χ3n) is 1.89. The molecule has 5 heteroatoms. The van der Waals surface area contributed by atoms with Gasteiger partial charge in [-0.25, -0.2) is 8.78 Å². The number of nitrogens with zero attached hydrogens (tertiary/aromatic N) is 3. The molecule has 3 nitrogen and oxygen atoms in total. The molecule has 1 aromatic carbocycles. The summed E-state index contributed by atoms with van der Waals surface area (Å²) in [6.07, 6.45) is 1.50. The summed E-state index contributed by atoms with van der Waals surface area (Å²) in [7, 11) is 1.73. The first-order valence-corrected chi connectivity index (χ1v) is 3.98. The zero-order chi connectivity index (χ0) is 10.1. The number of benzene rings is 1. The molecule has 0 atom stereocenters. The lowest BCUT2D eigenvalue weighted by molar-refractivity contribution is 0.509. The molecule has 2 aromatic rings. The second kappa shape index (κ2) is 3.17. The van der Waals surface area contributed by atoms with Crippen molar-refractivity contribution >= 4 is 0 Å². The lowest BCUT2D eigenvalue weighted by Crippen LogP contribution is -1.93. The Morgan fingerprint density at radius 1 is 1.21 bits per heavy atom. The zero-order valence-corrected chi connectivity index (χ0v) is 7.41. The van der Waals surface area contributed by atoms with Gasteiger partial charge in [0.15, 0.2) is 17.5 Å². The van der Waals surface area contributed by atoms with E-state index in [1.165, 1.54) is 12.4 Å². The lowest BCUT2D eigenvalue weighted by atomic mass is 10.2. The molecular formula is C9H7F2N3. The topological polar surface area (TPSA) is 30.7 Å². The molecule has 0 radical (unpaired) electrons. The van der Waals surface area contributed by atoms with E-state index in [-0.39, 0.29) is 0 Å². The van der Waals surface area contributed by atoms with Crippen molar-refractivity contribution in [2.24, 2.45) is 7.05 Å². The van der Waals surface area contributed by atoms with Crippen molar-refractivity contribution in [3.63, 3.8) is 0 Å². The lowest BCUT2D eigenvalue weighted by Gasteiger charge is -2.00. The largest absolute Gasteiger partial charge is 0.317 e. The van der Waals surface area contributed by atoms with Gasteiger partial charge >= 0.3 is 0 Å². The molecule has 1 aromatic heterocycles. The Hall–Kier alpha value is -1.78. The van der Waals surface area contributed by atoms with Gasteiger partial charge in [0.05, 0.1) is 0 Å². The van der Waals surface area contributed by atoms with E-state index in [4.69, 9.17) is 0 Å². The van der Waals surface area contributed by atoms with Crippen LogP contribution in [0.5, 0.6) is 0 Å². The summed E-state index contributed by atoms with van der Waals surface area (Å²) in [5, 5.41) is 7.43. The standard InChI is InChI=1S/C9H7F2N3/c1-14-5-12-13-9(14)6-2-3-7(10)8(11)4-6/h2-5H,1H3. The van der Waals surface area contributed by atoms with Gasteiger partial charge in [-0.3, -0.25) is 0 Å². The fraction of sp³-hybridized carbons (Fsp3) is 0.111. The van der Waals surface area contributed by atoms with Crippen LogP contribution in [0.3, 0.4) is 0 Å². The van der Waals surface area contributed by atoms with Gasteiger partial charge in [0.2, 0.25) is 0 Å². The molecular weight excluding hydrogens is 188 g/mol. The number of hydrogen-bond donors (Lipinski definition) is 0. The molecule has 0 bridgehead atoms. The Bertz CT molecular complexity index is 465. The van der Waals surface area contributed by atoms with Crippen LogP contribution in [-0.2, 0) is 7.05 Å². The van der Waals surface area contributed by atoms with Crippen molar-refractivity contribution < 1.29 is 8.78 Å². The fourth-order valence-electron chi connectivity index (χ4n) is 1.18. The summed E-state index contributed by atoms with van der Waals surface area (Å²) < 4.78 is 27.1. The van der Waals surface area contributed by atoms with E-state index in [1.807, 2.05) is 0 Å². The first-order chi connectivity index (χ1) is 6.68. The van der Waals surface area contributed by atoms with Crippen LogP contribution in [0.4, 0.5) is 8.78 Å². The Morgan fingerprint density at radius 3 is 2.57 bits per heavy atom. The molecule has 0 saturated heterocycles. The zero-order valence-electron chi connectivity index (χ0n) is 7.41. The second-order valence-electron chi connectivity index (χ2n) is 2.89. The minimum absolute atomic E-state index is 0.504. The molecule has 0 amide bonds. The van der Waals surface area contributed by atoms with Crippen LogP contribution in [0.25, 0.3) is 11.4 Å². The van der Waals surface area contributed by atoms with Crippen LogP contribution in [0.2, 0.25) is 0 Å². The molecule has 0 aliphatic rings. The van der Waals surface area contributed by atoms with E-state index in [0.29, 0.717) is 11.4 Å². The van der Waals surface area contributed by atoms with Crippen molar-refractivity contribution in [1.29, 1.82) is 0 Å². The van der Waals surface area contributed by atoms with Crippen LogP contribution < -0.4 is 0 Å². The van der Waals surface area contributed by atoms with Gasteiger partial charge in [-0.15, -0.1) is 10.2 Å². The molecule has 0 saturated carbocycles. The van der Waals surface area contributed by atoms with E-state index in [0.717, 1.165) is 12.1 Å². The quantitative estimate of drug-likeness (QED) is 0.694. The van der Waals surface area contributed by atoms with Crippen LogP contribution in [-0.4, -0.2) is 14.8 Å². The minimum Gasteiger partial charge on any atom is -0.317 e. The number of rotatable bonds is 1. The van der Waals surface area contributed by atoms with Crippen molar-refractivity contribution in [3.8, 4) is 11.4 Å². The van der Waals surface area contributed by atoms with Crippen LogP contribution >= 0.6 is 0 Å². The predicted octanol–water partition coefficient (Wildman–Crippen LogP) is 1.76. The SMILES string of the molecule is Cn1cnnc1-c1ccc(F)c(F)c1. The average Bonchev–Trinajstić information content (AvgIpc) is 2.57. The normalized spacial score (nSPS) is 10.5.